The first-order valence-corrected chi connectivity index (χ1v) is 6.74. The van der Waals surface area contributed by atoms with Crippen molar-refractivity contribution in [3.05, 3.63) is 20.8 Å². The van der Waals surface area contributed by atoms with E-state index < -0.39 is 29.7 Å². The molecule has 1 N–H and O–H groups in total. The predicted octanol–water partition coefficient (Wildman–Crippen LogP) is -1.42. The van der Waals surface area contributed by atoms with E-state index in [-0.39, 0.29) is 24.3 Å². The molecule has 22 heavy (non-hydrogen) atoms. The summed E-state index contributed by atoms with van der Waals surface area (Å²) in [5.74, 6) is 0. The molecule has 0 spiro atoms. The Hall–Kier alpha value is -2.51. The lowest BCUT2D eigenvalue weighted by Crippen LogP contribution is -2.41. The van der Waals surface area contributed by atoms with Gasteiger partial charge in [0, 0.05) is 0 Å². The number of hydrogen-bond acceptors (Lipinski definition) is 7. The number of nitrogens with zero attached hydrogens (tertiary/aromatic N) is 6. The summed E-state index contributed by atoms with van der Waals surface area (Å²) in [5.41, 5.74) is -1.09. The molecule has 0 saturated heterocycles. The minimum Gasteiger partial charge on any atom is -0.391 e. The molecule has 10 nitrogen and oxygen atoms in total. The Kier molecular flexibility index (Phi) is 3.31. The second-order valence-electron chi connectivity index (χ2n) is 5.16. The first kappa shape index (κ1) is 14.4. The molecule has 1 unspecified atom stereocenters. The van der Waals surface area contributed by atoms with Crippen molar-refractivity contribution in [1.82, 2.24) is 24.1 Å². The zero-order chi connectivity index (χ0) is 16.0. The first-order chi connectivity index (χ1) is 10.5. The minimum absolute atomic E-state index is 0.00320. The van der Waals surface area contributed by atoms with Crippen molar-refractivity contribution in [2.24, 2.45) is 0 Å². The van der Waals surface area contributed by atoms with E-state index in [9.17, 15) is 14.7 Å². The van der Waals surface area contributed by atoms with Gasteiger partial charge in [0.05, 0.1) is 18.7 Å². The first-order valence-electron chi connectivity index (χ1n) is 6.74. The highest BCUT2D eigenvalue weighted by Crippen LogP contribution is 2.21. The molecule has 3 heterocycles. The Morgan fingerprint density at radius 3 is 2.91 bits per heavy atom. The van der Waals surface area contributed by atoms with Crippen molar-refractivity contribution in [1.29, 1.82) is 5.26 Å². The van der Waals surface area contributed by atoms with Gasteiger partial charge in [0.25, 0.3) is 5.56 Å². The molecule has 10 heteroatoms. The van der Waals surface area contributed by atoms with Crippen LogP contribution in [0.1, 0.15) is 20.1 Å². The molecule has 0 bridgehead atoms. The van der Waals surface area contributed by atoms with E-state index in [0.29, 0.717) is 0 Å². The quantitative estimate of drug-likeness (QED) is 0.720. The topological polar surface area (TPSA) is 128 Å². The van der Waals surface area contributed by atoms with Gasteiger partial charge in [0.1, 0.15) is 18.9 Å². The second-order valence-corrected chi connectivity index (χ2v) is 5.16. The fourth-order valence-corrected chi connectivity index (χ4v) is 2.57. The second kappa shape index (κ2) is 5.04. The maximum atomic E-state index is 12.5. The van der Waals surface area contributed by atoms with Crippen molar-refractivity contribution < 1.29 is 9.84 Å². The average molecular weight is 306 g/mol. The Bertz CT molecular complexity index is 886. The summed E-state index contributed by atoms with van der Waals surface area (Å²) >= 11 is 0. The van der Waals surface area contributed by atoms with Gasteiger partial charge in [0.2, 0.25) is 0 Å². The summed E-state index contributed by atoms with van der Waals surface area (Å²) in [5, 5.41) is 26.3. The number of nitriles is 1. The van der Waals surface area contributed by atoms with Crippen LogP contribution in [0.4, 0.5) is 0 Å². The molecule has 2 aromatic heterocycles. The number of rotatable bonds is 2. The molecule has 2 aromatic rings. The Labute approximate surface area is 123 Å². The summed E-state index contributed by atoms with van der Waals surface area (Å²) in [6, 6.07) is 1.78. The van der Waals surface area contributed by atoms with Gasteiger partial charge in [-0.1, -0.05) is 5.21 Å². The van der Waals surface area contributed by atoms with Gasteiger partial charge in [-0.25, -0.2) is 18.6 Å². The smallest absolute Gasteiger partial charge is 0.335 e. The number of hydrogen-bond donors (Lipinski definition) is 1. The summed E-state index contributed by atoms with van der Waals surface area (Å²) in [6.45, 7) is 2.98. The zero-order valence-electron chi connectivity index (χ0n) is 12.0. The van der Waals surface area contributed by atoms with Gasteiger partial charge in [-0.15, -0.1) is 5.10 Å². The van der Waals surface area contributed by atoms with E-state index in [4.69, 9.17) is 10.00 Å². The molecule has 0 amide bonds. The van der Waals surface area contributed by atoms with Gasteiger partial charge in [0.15, 0.2) is 11.2 Å². The van der Waals surface area contributed by atoms with Crippen LogP contribution in [0.15, 0.2) is 9.59 Å². The third-order valence-electron chi connectivity index (χ3n) is 3.68. The molecule has 1 aliphatic heterocycles. The molecule has 116 valence electrons. The number of aliphatic hydroxyl groups excluding tert-OH is 1. The molecule has 0 aromatic carbocycles. The monoisotopic (exact) mass is 306 g/mol. The van der Waals surface area contributed by atoms with Gasteiger partial charge in [-0.3, -0.25) is 4.79 Å². The molecular formula is C12H14N6O4. The minimum atomic E-state index is -0.787. The lowest BCUT2D eigenvalue weighted by molar-refractivity contribution is -0.0944. The molecule has 0 aliphatic carbocycles. The Morgan fingerprint density at radius 2 is 2.27 bits per heavy atom. The van der Waals surface area contributed by atoms with Crippen LogP contribution < -0.4 is 11.2 Å². The van der Waals surface area contributed by atoms with Crippen LogP contribution in [-0.4, -0.2) is 41.4 Å². The van der Waals surface area contributed by atoms with Crippen LogP contribution in [0.3, 0.4) is 0 Å². The van der Waals surface area contributed by atoms with E-state index in [1.165, 1.54) is 9.25 Å². The van der Waals surface area contributed by atoms with Crippen LogP contribution in [0.25, 0.3) is 11.2 Å². The summed E-state index contributed by atoms with van der Waals surface area (Å²) < 4.78 is 9.08. The van der Waals surface area contributed by atoms with Crippen molar-refractivity contribution in [3.8, 4) is 6.07 Å². The van der Waals surface area contributed by atoms with Crippen molar-refractivity contribution in [3.63, 3.8) is 0 Å². The molecule has 0 saturated carbocycles. The van der Waals surface area contributed by atoms with Gasteiger partial charge in [-0.2, -0.15) is 5.26 Å². The van der Waals surface area contributed by atoms with Crippen LogP contribution in [-0.2, 0) is 17.8 Å². The molecular weight excluding hydrogens is 292 g/mol. The zero-order valence-corrected chi connectivity index (χ0v) is 12.0. The lowest BCUT2D eigenvalue weighted by atomic mass is 10.2. The van der Waals surface area contributed by atoms with Gasteiger partial charge in [-0.05, 0) is 13.8 Å². The number of aliphatic hydroxyl groups is 1. The molecule has 3 rings (SSSR count). The summed E-state index contributed by atoms with van der Waals surface area (Å²) in [4.78, 5) is 24.8. The Morgan fingerprint density at radius 1 is 1.55 bits per heavy atom. The van der Waals surface area contributed by atoms with Crippen LogP contribution >= 0.6 is 0 Å². The summed E-state index contributed by atoms with van der Waals surface area (Å²) in [7, 11) is 0. The normalized spacial score (nSPS) is 22.3. The maximum absolute atomic E-state index is 12.5. The highest BCUT2D eigenvalue weighted by atomic mass is 16.5. The maximum Gasteiger partial charge on any atom is 0.335 e. The van der Waals surface area contributed by atoms with E-state index >= 15 is 0 Å². The standard InChI is InChI=1S/C12H14N6O4/c1-6(19)8-5-17-10-9(14-15-17)11(20)16(4-3-13)12(21)18(10)7(2)22-8/h6-8,19H,4-5H2,1-2H3/t6?,7-,8-/m1/s1. The van der Waals surface area contributed by atoms with Crippen LogP contribution in [0, 0.1) is 11.3 Å². The van der Waals surface area contributed by atoms with Crippen LogP contribution in [0.5, 0.6) is 0 Å². The lowest BCUT2D eigenvalue weighted by Gasteiger charge is -2.22. The molecule has 0 fully saturated rings. The van der Waals surface area contributed by atoms with E-state index in [2.05, 4.69) is 10.3 Å². The third-order valence-corrected chi connectivity index (χ3v) is 3.68. The van der Waals surface area contributed by atoms with E-state index in [1.807, 2.05) is 0 Å². The third kappa shape index (κ3) is 1.94. The molecule has 0 radical (unpaired) electrons. The largest absolute Gasteiger partial charge is 0.391 e. The molecule has 1 aliphatic rings. The number of aromatic nitrogens is 5. The van der Waals surface area contributed by atoms with E-state index in [0.717, 1.165) is 4.57 Å². The van der Waals surface area contributed by atoms with Crippen molar-refractivity contribution >= 4 is 11.2 Å². The molecule has 3 atom stereocenters. The predicted molar refractivity (Wildman–Crippen MR) is 72.9 cm³/mol. The van der Waals surface area contributed by atoms with Gasteiger partial charge >= 0.3 is 5.69 Å². The fraction of sp³-hybridized carbons (Fsp3) is 0.583. The van der Waals surface area contributed by atoms with E-state index in [1.54, 1.807) is 19.9 Å². The fourth-order valence-electron chi connectivity index (χ4n) is 2.57. The highest BCUT2D eigenvalue weighted by molar-refractivity contribution is 5.69. The Balaban J connectivity index is 2.36. The summed E-state index contributed by atoms with van der Waals surface area (Å²) in [6.07, 6.45) is -2.12. The number of ether oxygens (including phenoxy) is 1. The van der Waals surface area contributed by atoms with Gasteiger partial charge < -0.3 is 9.84 Å². The highest BCUT2D eigenvalue weighted by Gasteiger charge is 2.30. The van der Waals surface area contributed by atoms with Crippen molar-refractivity contribution in [2.75, 3.05) is 0 Å². The average Bonchev–Trinajstić information content (AvgIpc) is 2.80. The van der Waals surface area contributed by atoms with Crippen LogP contribution in [0.2, 0.25) is 0 Å². The van der Waals surface area contributed by atoms with Crippen molar-refractivity contribution in [2.45, 2.75) is 45.4 Å². The SMILES string of the molecule is CC(O)[C@H]1Cn2nnc3c(=O)n(CC#N)c(=O)n(c32)[C@@H](C)O1.